The summed E-state index contributed by atoms with van der Waals surface area (Å²) in [5.41, 5.74) is 6.86. The van der Waals surface area contributed by atoms with Gasteiger partial charge in [-0.15, -0.1) is 5.10 Å². The van der Waals surface area contributed by atoms with Crippen molar-refractivity contribution in [3.05, 3.63) is 24.3 Å². The molecule has 0 aliphatic carbocycles. The van der Waals surface area contributed by atoms with Crippen LogP contribution in [-0.4, -0.2) is 42.1 Å². The zero-order valence-corrected chi connectivity index (χ0v) is 11.3. The fourth-order valence-electron chi connectivity index (χ4n) is 1.65. The van der Waals surface area contributed by atoms with E-state index in [1.165, 1.54) is 32.3 Å². The van der Waals surface area contributed by atoms with Crippen LogP contribution in [0.1, 0.15) is 10.6 Å². The molecule has 0 amide bonds. The zero-order valence-electron chi connectivity index (χ0n) is 11.3. The van der Waals surface area contributed by atoms with Gasteiger partial charge in [-0.1, -0.05) is 0 Å². The van der Waals surface area contributed by atoms with E-state index in [0.717, 1.165) is 0 Å². The number of nitrogens with zero attached hydrogens (tertiary/aromatic N) is 3. The third-order valence-corrected chi connectivity index (χ3v) is 2.64. The zero-order chi connectivity index (χ0) is 14.7. The molecule has 0 aliphatic heterocycles. The molecule has 1 heterocycles. The molecule has 0 radical (unpaired) electrons. The van der Waals surface area contributed by atoms with Gasteiger partial charge in [0.25, 0.3) is 5.82 Å². The van der Waals surface area contributed by atoms with Crippen molar-refractivity contribution >= 4 is 11.7 Å². The molecule has 2 N–H and O–H groups in total. The first-order valence-electron chi connectivity index (χ1n) is 5.62. The predicted octanol–water partition coefficient (Wildman–Crippen LogP) is 0.653. The minimum atomic E-state index is -0.622. The number of aromatic nitrogens is 3. The first kappa shape index (κ1) is 13.7. The average Bonchev–Trinajstić information content (AvgIpc) is 2.95. The summed E-state index contributed by atoms with van der Waals surface area (Å²) < 4.78 is 16.2. The standard InChI is InChI=1S/C12H14N4O4/c1-18-9-4-7(13)8(5-10(9)19-2)16-6-14-11(15-16)12(17)20-3/h4-6H,13H2,1-3H3. The Morgan fingerprint density at radius 3 is 2.45 bits per heavy atom. The molecule has 0 saturated heterocycles. The smallest absolute Gasteiger partial charge is 0.377 e. The number of carbonyl (C=O) groups is 1. The third-order valence-electron chi connectivity index (χ3n) is 2.64. The average molecular weight is 278 g/mol. The minimum Gasteiger partial charge on any atom is -0.493 e. The van der Waals surface area contributed by atoms with E-state index < -0.39 is 5.97 Å². The summed E-state index contributed by atoms with van der Waals surface area (Å²) in [5, 5.41) is 4.00. The van der Waals surface area contributed by atoms with E-state index in [9.17, 15) is 4.79 Å². The lowest BCUT2D eigenvalue weighted by atomic mass is 10.2. The lowest BCUT2D eigenvalue weighted by molar-refractivity contribution is 0.0587. The highest BCUT2D eigenvalue weighted by Crippen LogP contribution is 2.33. The van der Waals surface area contributed by atoms with E-state index in [1.54, 1.807) is 12.1 Å². The number of nitrogens with two attached hydrogens (primary N) is 1. The van der Waals surface area contributed by atoms with Gasteiger partial charge in [-0.2, -0.15) is 0 Å². The number of methoxy groups -OCH3 is 3. The molecule has 20 heavy (non-hydrogen) atoms. The Bertz CT molecular complexity index is 638. The van der Waals surface area contributed by atoms with Crippen LogP contribution in [0.2, 0.25) is 0 Å². The Kier molecular flexibility index (Phi) is 3.74. The Morgan fingerprint density at radius 1 is 1.20 bits per heavy atom. The second-order valence-corrected chi connectivity index (χ2v) is 3.77. The SMILES string of the molecule is COC(=O)c1ncn(-c2cc(OC)c(OC)cc2N)n1. The van der Waals surface area contributed by atoms with Crippen LogP contribution in [0.25, 0.3) is 5.69 Å². The number of anilines is 1. The predicted molar refractivity (Wildman–Crippen MR) is 70.2 cm³/mol. The van der Waals surface area contributed by atoms with Crippen LogP contribution in [0, 0.1) is 0 Å². The van der Waals surface area contributed by atoms with Crippen LogP contribution < -0.4 is 15.2 Å². The monoisotopic (exact) mass is 278 g/mol. The van der Waals surface area contributed by atoms with E-state index in [0.29, 0.717) is 22.9 Å². The molecule has 0 bridgehead atoms. The van der Waals surface area contributed by atoms with Crippen molar-refractivity contribution in [3.8, 4) is 17.2 Å². The number of hydrogen-bond acceptors (Lipinski definition) is 7. The highest BCUT2D eigenvalue weighted by molar-refractivity contribution is 5.84. The lowest BCUT2D eigenvalue weighted by Crippen LogP contribution is -2.06. The molecular formula is C12H14N4O4. The normalized spacial score (nSPS) is 10.2. The Hall–Kier alpha value is -2.77. The van der Waals surface area contributed by atoms with Crippen molar-refractivity contribution in [1.29, 1.82) is 0 Å². The van der Waals surface area contributed by atoms with E-state index in [4.69, 9.17) is 15.2 Å². The van der Waals surface area contributed by atoms with Crippen molar-refractivity contribution < 1.29 is 19.0 Å². The number of benzene rings is 1. The van der Waals surface area contributed by atoms with Gasteiger partial charge in [-0.3, -0.25) is 0 Å². The van der Waals surface area contributed by atoms with E-state index in [1.807, 2.05) is 0 Å². The lowest BCUT2D eigenvalue weighted by Gasteiger charge is -2.11. The highest BCUT2D eigenvalue weighted by atomic mass is 16.5. The molecule has 8 heteroatoms. The van der Waals surface area contributed by atoms with Gasteiger partial charge >= 0.3 is 5.97 Å². The van der Waals surface area contributed by atoms with Gasteiger partial charge in [0.1, 0.15) is 6.33 Å². The van der Waals surface area contributed by atoms with E-state index in [-0.39, 0.29) is 5.82 Å². The molecule has 106 valence electrons. The Morgan fingerprint density at radius 2 is 1.85 bits per heavy atom. The van der Waals surface area contributed by atoms with Gasteiger partial charge < -0.3 is 19.9 Å². The second-order valence-electron chi connectivity index (χ2n) is 3.77. The fraction of sp³-hybridized carbons (Fsp3) is 0.250. The number of hydrogen-bond donors (Lipinski definition) is 1. The number of carbonyl (C=O) groups excluding carboxylic acids is 1. The molecule has 2 aromatic rings. The summed E-state index contributed by atoms with van der Waals surface area (Å²) in [4.78, 5) is 15.2. The quantitative estimate of drug-likeness (QED) is 0.647. The summed E-state index contributed by atoms with van der Waals surface area (Å²) >= 11 is 0. The molecule has 0 unspecified atom stereocenters. The van der Waals surface area contributed by atoms with E-state index in [2.05, 4.69) is 14.8 Å². The molecule has 0 aliphatic rings. The number of ether oxygens (including phenoxy) is 3. The number of esters is 1. The van der Waals surface area contributed by atoms with Crippen molar-refractivity contribution in [2.45, 2.75) is 0 Å². The maximum atomic E-state index is 11.3. The summed E-state index contributed by atoms with van der Waals surface area (Å²) in [5.74, 6) is 0.318. The summed E-state index contributed by atoms with van der Waals surface area (Å²) in [6.07, 6.45) is 1.36. The molecule has 0 saturated carbocycles. The molecule has 8 nitrogen and oxygen atoms in total. The van der Waals surface area contributed by atoms with Crippen LogP contribution in [0.4, 0.5) is 5.69 Å². The summed E-state index contributed by atoms with van der Waals surface area (Å²) in [6, 6.07) is 3.25. The van der Waals surface area contributed by atoms with Crippen molar-refractivity contribution in [1.82, 2.24) is 14.8 Å². The number of nitrogen functional groups attached to an aromatic ring is 1. The summed E-state index contributed by atoms with van der Waals surface area (Å²) in [6.45, 7) is 0. The van der Waals surface area contributed by atoms with Gasteiger partial charge in [-0.05, 0) is 0 Å². The topological polar surface area (TPSA) is 101 Å². The van der Waals surface area contributed by atoms with Crippen molar-refractivity contribution in [2.24, 2.45) is 0 Å². The largest absolute Gasteiger partial charge is 0.493 e. The molecule has 2 rings (SSSR count). The first-order chi connectivity index (χ1) is 9.60. The molecule has 0 fully saturated rings. The maximum absolute atomic E-state index is 11.3. The van der Waals surface area contributed by atoms with Gasteiger partial charge in [-0.25, -0.2) is 14.5 Å². The Labute approximate surface area is 115 Å². The Balaban J connectivity index is 2.47. The van der Waals surface area contributed by atoms with E-state index >= 15 is 0 Å². The maximum Gasteiger partial charge on any atom is 0.377 e. The fourth-order valence-corrected chi connectivity index (χ4v) is 1.65. The van der Waals surface area contributed by atoms with Crippen molar-refractivity contribution in [2.75, 3.05) is 27.1 Å². The van der Waals surface area contributed by atoms with Gasteiger partial charge in [0.15, 0.2) is 11.5 Å². The van der Waals surface area contributed by atoms with Crippen LogP contribution in [0.5, 0.6) is 11.5 Å². The molecule has 1 aromatic heterocycles. The molecular weight excluding hydrogens is 264 g/mol. The summed E-state index contributed by atoms with van der Waals surface area (Å²) in [7, 11) is 4.29. The van der Waals surface area contributed by atoms with Crippen LogP contribution in [0.15, 0.2) is 18.5 Å². The molecule has 1 aromatic carbocycles. The van der Waals surface area contributed by atoms with Gasteiger partial charge in [0.2, 0.25) is 0 Å². The number of rotatable bonds is 4. The third kappa shape index (κ3) is 2.35. The molecule has 0 spiro atoms. The van der Waals surface area contributed by atoms with Gasteiger partial charge in [0, 0.05) is 12.1 Å². The van der Waals surface area contributed by atoms with Crippen LogP contribution in [0.3, 0.4) is 0 Å². The van der Waals surface area contributed by atoms with Crippen molar-refractivity contribution in [3.63, 3.8) is 0 Å². The first-order valence-corrected chi connectivity index (χ1v) is 5.62. The highest BCUT2D eigenvalue weighted by Gasteiger charge is 2.15. The minimum absolute atomic E-state index is 0.0540. The molecule has 0 atom stereocenters. The van der Waals surface area contributed by atoms with Gasteiger partial charge in [0.05, 0.1) is 32.7 Å². The van der Waals surface area contributed by atoms with Crippen LogP contribution in [-0.2, 0) is 4.74 Å². The van der Waals surface area contributed by atoms with Crippen LogP contribution >= 0.6 is 0 Å². The second kappa shape index (κ2) is 5.47.